The summed E-state index contributed by atoms with van der Waals surface area (Å²) in [6.07, 6.45) is 12.8. The maximum absolute atomic E-state index is 11.4. The first-order valence-electron chi connectivity index (χ1n) is 9.91. The highest BCUT2D eigenvalue weighted by Gasteiger charge is 2.11. The zero-order chi connectivity index (χ0) is 18.9. The molecule has 0 aromatic rings. The number of hydrogen-bond acceptors (Lipinski definition) is 4. The van der Waals surface area contributed by atoms with Crippen LogP contribution < -0.4 is 0 Å². The van der Waals surface area contributed by atoms with Crippen molar-refractivity contribution in [3.05, 3.63) is 0 Å². The Morgan fingerprint density at radius 1 is 0.760 bits per heavy atom. The predicted molar refractivity (Wildman–Crippen MR) is 98.2 cm³/mol. The van der Waals surface area contributed by atoms with E-state index < -0.39 is 17.9 Å². The molecule has 1 unspecified atom stereocenters. The Bertz CT molecular complexity index is 378. The number of carboxylic acids is 1. The van der Waals surface area contributed by atoms with Crippen molar-refractivity contribution < 1.29 is 24.2 Å². The van der Waals surface area contributed by atoms with Gasteiger partial charge in [-0.2, -0.15) is 0 Å². The highest BCUT2D eigenvalue weighted by atomic mass is 16.6. The Kier molecular flexibility index (Phi) is 15.2. The number of ether oxygens (including phenoxy) is 1. The summed E-state index contributed by atoms with van der Waals surface area (Å²) in [7, 11) is 0. The van der Waals surface area contributed by atoms with Gasteiger partial charge in [-0.1, -0.05) is 78.1 Å². The number of esters is 2. The van der Waals surface area contributed by atoms with Crippen molar-refractivity contribution >= 4 is 17.9 Å². The quantitative estimate of drug-likeness (QED) is 0.232. The van der Waals surface area contributed by atoms with E-state index >= 15 is 0 Å². The van der Waals surface area contributed by atoms with E-state index in [1.54, 1.807) is 0 Å². The minimum Gasteiger partial charge on any atom is -0.481 e. The summed E-state index contributed by atoms with van der Waals surface area (Å²) in [4.78, 5) is 32.9. The van der Waals surface area contributed by atoms with Crippen LogP contribution in [0.25, 0.3) is 0 Å². The molecule has 1 atom stereocenters. The van der Waals surface area contributed by atoms with Crippen LogP contribution in [0.3, 0.4) is 0 Å². The molecule has 0 aromatic carbocycles. The van der Waals surface area contributed by atoms with Crippen LogP contribution in [0.15, 0.2) is 0 Å². The fourth-order valence-electron chi connectivity index (χ4n) is 2.90. The second-order valence-electron chi connectivity index (χ2n) is 7.00. The first-order chi connectivity index (χ1) is 12.0. The summed E-state index contributed by atoms with van der Waals surface area (Å²) in [5.41, 5.74) is 0. The van der Waals surface area contributed by atoms with Crippen molar-refractivity contribution in [3.63, 3.8) is 0 Å². The highest BCUT2D eigenvalue weighted by Crippen LogP contribution is 2.16. The molecule has 25 heavy (non-hydrogen) atoms. The largest absolute Gasteiger partial charge is 0.481 e. The Labute approximate surface area is 152 Å². The van der Waals surface area contributed by atoms with Crippen molar-refractivity contribution in [1.82, 2.24) is 0 Å². The van der Waals surface area contributed by atoms with Gasteiger partial charge in [0.1, 0.15) is 0 Å². The van der Waals surface area contributed by atoms with E-state index in [1.165, 1.54) is 51.4 Å². The maximum Gasteiger partial charge on any atom is 0.314 e. The molecule has 0 aliphatic carbocycles. The molecule has 0 bridgehead atoms. The third-order valence-electron chi connectivity index (χ3n) is 4.38. The van der Waals surface area contributed by atoms with Crippen molar-refractivity contribution in [3.8, 4) is 0 Å². The lowest BCUT2D eigenvalue weighted by Gasteiger charge is -2.09. The van der Waals surface area contributed by atoms with Crippen LogP contribution in [0.4, 0.5) is 0 Å². The molecule has 1 N–H and O–H groups in total. The van der Waals surface area contributed by atoms with Gasteiger partial charge in [-0.25, -0.2) is 0 Å². The van der Waals surface area contributed by atoms with Crippen LogP contribution in [0, 0.1) is 5.92 Å². The molecule has 0 rings (SSSR count). The average molecular weight is 357 g/mol. The van der Waals surface area contributed by atoms with E-state index in [4.69, 9.17) is 5.11 Å². The Hall–Kier alpha value is -1.39. The van der Waals surface area contributed by atoms with Crippen LogP contribution >= 0.6 is 0 Å². The molecule has 0 saturated carbocycles. The number of unbranched alkanes of at least 4 members (excludes halogenated alkanes) is 7. The predicted octanol–water partition coefficient (Wildman–Crippen LogP) is 5.26. The van der Waals surface area contributed by atoms with Crippen LogP contribution in [0.5, 0.6) is 0 Å². The van der Waals surface area contributed by atoms with Gasteiger partial charge in [0, 0.05) is 6.42 Å². The number of carbonyl (C=O) groups excluding carboxylic acids is 2. The number of carboxylic acid groups (broad SMARTS) is 1. The van der Waals surface area contributed by atoms with E-state index in [2.05, 4.69) is 18.6 Å². The van der Waals surface area contributed by atoms with Gasteiger partial charge >= 0.3 is 17.9 Å². The summed E-state index contributed by atoms with van der Waals surface area (Å²) in [6.45, 7) is 4.59. The Morgan fingerprint density at radius 3 is 1.84 bits per heavy atom. The van der Waals surface area contributed by atoms with Crippen LogP contribution in [-0.4, -0.2) is 23.0 Å². The molecule has 0 saturated heterocycles. The summed E-state index contributed by atoms with van der Waals surface area (Å²) >= 11 is 0. The normalized spacial score (nSPS) is 11.9. The second kappa shape index (κ2) is 16.1. The molecule has 5 heteroatoms. The van der Waals surface area contributed by atoms with Crippen molar-refractivity contribution in [2.75, 3.05) is 0 Å². The number of carbonyl (C=O) groups is 3. The third kappa shape index (κ3) is 17.2. The standard InChI is InChI=1S/C20H36O5/c1-3-12-17(2)13-10-8-6-4-5-7-9-11-14-19(23)25-20(24)16-15-18(21)22/h17H,3-16H2,1-2H3,(H,21,22). The van der Waals surface area contributed by atoms with E-state index in [-0.39, 0.29) is 19.3 Å². The molecule has 0 heterocycles. The van der Waals surface area contributed by atoms with Crippen LogP contribution in [0.1, 0.15) is 104 Å². The molecule has 5 nitrogen and oxygen atoms in total. The van der Waals surface area contributed by atoms with Gasteiger partial charge in [0.25, 0.3) is 0 Å². The zero-order valence-electron chi connectivity index (χ0n) is 16.1. The molecule has 0 aliphatic rings. The highest BCUT2D eigenvalue weighted by molar-refractivity contribution is 5.86. The lowest BCUT2D eigenvalue weighted by Crippen LogP contribution is -2.13. The maximum atomic E-state index is 11.4. The smallest absolute Gasteiger partial charge is 0.314 e. The molecular weight excluding hydrogens is 320 g/mol. The van der Waals surface area contributed by atoms with E-state index in [0.29, 0.717) is 0 Å². The van der Waals surface area contributed by atoms with E-state index in [1.807, 2.05) is 0 Å². The first-order valence-corrected chi connectivity index (χ1v) is 9.91. The fourth-order valence-corrected chi connectivity index (χ4v) is 2.90. The number of aliphatic carboxylic acids is 1. The van der Waals surface area contributed by atoms with Gasteiger partial charge in [-0.15, -0.1) is 0 Å². The summed E-state index contributed by atoms with van der Waals surface area (Å²) < 4.78 is 4.57. The molecule has 0 aromatic heterocycles. The summed E-state index contributed by atoms with van der Waals surface area (Å²) in [5.74, 6) is -1.50. The van der Waals surface area contributed by atoms with Gasteiger partial charge in [-0.05, 0) is 12.3 Å². The Balaban J connectivity index is 3.36. The molecule has 0 radical (unpaired) electrons. The molecule has 0 fully saturated rings. The molecular formula is C20H36O5. The fraction of sp³-hybridized carbons (Fsp3) is 0.850. The minimum absolute atomic E-state index is 0.230. The third-order valence-corrected chi connectivity index (χ3v) is 4.38. The van der Waals surface area contributed by atoms with Crippen molar-refractivity contribution in [2.24, 2.45) is 5.92 Å². The van der Waals surface area contributed by atoms with Gasteiger partial charge < -0.3 is 9.84 Å². The monoisotopic (exact) mass is 356 g/mol. The lowest BCUT2D eigenvalue weighted by atomic mass is 9.98. The Morgan fingerprint density at radius 2 is 1.28 bits per heavy atom. The SMILES string of the molecule is CCCC(C)CCCCCCCCCCC(=O)OC(=O)CCC(=O)O. The molecule has 0 amide bonds. The summed E-state index contributed by atoms with van der Waals surface area (Å²) in [5, 5.41) is 8.44. The van der Waals surface area contributed by atoms with Gasteiger partial charge in [-0.3, -0.25) is 14.4 Å². The van der Waals surface area contributed by atoms with Crippen molar-refractivity contribution in [1.29, 1.82) is 0 Å². The van der Waals surface area contributed by atoms with Crippen LogP contribution in [-0.2, 0) is 19.1 Å². The number of hydrogen-bond donors (Lipinski definition) is 1. The van der Waals surface area contributed by atoms with Gasteiger partial charge in [0.05, 0.1) is 12.8 Å². The summed E-state index contributed by atoms with van der Waals surface area (Å²) in [6, 6.07) is 0. The number of rotatable bonds is 16. The van der Waals surface area contributed by atoms with Gasteiger partial charge in [0.15, 0.2) is 0 Å². The van der Waals surface area contributed by atoms with E-state index in [0.717, 1.165) is 25.2 Å². The van der Waals surface area contributed by atoms with Crippen molar-refractivity contribution in [2.45, 2.75) is 104 Å². The average Bonchev–Trinajstić information content (AvgIpc) is 2.55. The first kappa shape index (κ1) is 23.6. The van der Waals surface area contributed by atoms with Crippen LogP contribution in [0.2, 0.25) is 0 Å². The molecule has 146 valence electrons. The minimum atomic E-state index is -1.07. The second-order valence-corrected chi connectivity index (χ2v) is 7.00. The zero-order valence-corrected chi connectivity index (χ0v) is 16.1. The van der Waals surface area contributed by atoms with E-state index in [9.17, 15) is 14.4 Å². The topological polar surface area (TPSA) is 80.7 Å². The lowest BCUT2D eigenvalue weighted by molar-refractivity contribution is -0.161. The molecule has 0 spiro atoms. The van der Waals surface area contributed by atoms with Gasteiger partial charge in [0.2, 0.25) is 0 Å². The molecule has 0 aliphatic heterocycles.